The van der Waals surface area contributed by atoms with Gasteiger partial charge in [-0.1, -0.05) is 23.7 Å². The summed E-state index contributed by atoms with van der Waals surface area (Å²) in [5.41, 5.74) is 0.678. The average molecular weight is 531 g/mol. The second-order valence-electron chi connectivity index (χ2n) is 7.52. The molecule has 0 atom stereocenters. The van der Waals surface area contributed by atoms with Crippen LogP contribution in [0.1, 0.15) is 28.1 Å². The molecule has 0 bridgehead atoms. The lowest BCUT2D eigenvalue weighted by molar-refractivity contribution is -0.138. The number of rotatable bonds is 4. The highest BCUT2D eigenvalue weighted by atomic mass is 35.5. The van der Waals surface area contributed by atoms with Crippen molar-refractivity contribution in [1.82, 2.24) is 9.99 Å². The van der Waals surface area contributed by atoms with Crippen molar-refractivity contribution in [3.63, 3.8) is 0 Å². The number of halogens is 7. The number of nitrogens with one attached hydrogen (secondary N) is 2. The van der Waals surface area contributed by atoms with Crippen molar-refractivity contribution >= 4 is 35.3 Å². The van der Waals surface area contributed by atoms with Crippen LogP contribution in [0.2, 0.25) is 5.02 Å². The lowest BCUT2D eigenvalue weighted by Crippen LogP contribution is -2.32. The monoisotopic (exact) mass is 530 g/mol. The number of para-hydroxylation sites is 1. The number of amides is 2. The lowest BCUT2D eigenvalue weighted by Gasteiger charge is -2.16. The van der Waals surface area contributed by atoms with Crippen LogP contribution in [0.25, 0.3) is 5.69 Å². The molecule has 3 aromatic rings. The molecule has 0 aliphatic carbocycles. The molecule has 190 valence electrons. The summed E-state index contributed by atoms with van der Waals surface area (Å²) in [7, 11) is 0. The Labute approximate surface area is 205 Å². The standard InChI is InChI=1S/C23H17ClF6N4O2/c1-12-9-14(13(2)34(12)19-6-4-3-5-16(19)22(25,26)27)11-31-33-21(36)20(35)32-15-7-8-18(24)17(10-15)23(28,29)30/h3-11H,1-2H3,(H,32,35)(H,33,36)/b31-11-. The molecular weight excluding hydrogens is 514 g/mol. The minimum Gasteiger partial charge on any atom is -0.318 e. The Morgan fingerprint density at radius 1 is 0.917 bits per heavy atom. The van der Waals surface area contributed by atoms with Gasteiger partial charge in [-0.15, -0.1) is 0 Å². The number of aromatic nitrogens is 1. The van der Waals surface area contributed by atoms with Gasteiger partial charge in [-0.3, -0.25) is 9.59 Å². The summed E-state index contributed by atoms with van der Waals surface area (Å²) < 4.78 is 80.5. The maximum atomic E-state index is 13.4. The predicted molar refractivity (Wildman–Crippen MR) is 121 cm³/mol. The number of hydrogen-bond acceptors (Lipinski definition) is 3. The molecule has 13 heteroatoms. The number of hydrogen-bond donors (Lipinski definition) is 2. The Bertz CT molecular complexity index is 1350. The number of aryl methyl sites for hydroxylation is 1. The number of carbonyl (C=O) groups is 2. The van der Waals surface area contributed by atoms with E-state index in [2.05, 4.69) is 5.10 Å². The molecule has 0 aliphatic heterocycles. The summed E-state index contributed by atoms with van der Waals surface area (Å²) >= 11 is 5.51. The Morgan fingerprint density at radius 2 is 1.56 bits per heavy atom. The van der Waals surface area contributed by atoms with Crippen LogP contribution in [-0.4, -0.2) is 22.6 Å². The third kappa shape index (κ3) is 5.88. The van der Waals surface area contributed by atoms with Crippen molar-refractivity contribution in [2.75, 3.05) is 5.32 Å². The van der Waals surface area contributed by atoms with E-state index in [1.165, 1.54) is 28.8 Å². The fourth-order valence-corrected chi connectivity index (χ4v) is 3.64. The van der Waals surface area contributed by atoms with Crippen molar-refractivity contribution < 1.29 is 35.9 Å². The largest absolute Gasteiger partial charge is 0.418 e. The average Bonchev–Trinajstić information content (AvgIpc) is 3.06. The molecule has 0 aliphatic rings. The molecule has 0 saturated carbocycles. The summed E-state index contributed by atoms with van der Waals surface area (Å²) in [5, 5.41) is 5.06. The third-order valence-corrected chi connectivity index (χ3v) is 5.36. The number of benzene rings is 2. The molecule has 2 aromatic carbocycles. The van der Waals surface area contributed by atoms with Crippen LogP contribution in [0.4, 0.5) is 32.0 Å². The molecule has 0 saturated heterocycles. The molecule has 0 radical (unpaired) electrons. The molecule has 6 nitrogen and oxygen atoms in total. The zero-order valence-corrected chi connectivity index (χ0v) is 19.3. The van der Waals surface area contributed by atoms with Crippen LogP contribution in [0, 0.1) is 13.8 Å². The highest BCUT2D eigenvalue weighted by Crippen LogP contribution is 2.37. The molecule has 0 fully saturated rings. The third-order valence-electron chi connectivity index (χ3n) is 5.03. The van der Waals surface area contributed by atoms with Gasteiger partial charge >= 0.3 is 24.2 Å². The van der Waals surface area contributed by atoms with Gasteiger partial charge in [-0.05, 0) is 50.2 Å². The van der Waals surface area contributed by atoms with Gasteiger partial charge in [0.05, 0.1) is 28.1 Å². The summed E-state index contributed by atoms with van der Waals surface area (Å²) in [6.07, 6.45) is -8.22. The molecule has 36 heavy (non-hydrogen) atoms. The quantitative estimate of drug-likeness (QED) is 0.191. The topological polar surface area (TPSA) is 75.5 Å². The highest BCUT2D eigenvalue weighted by Gasteiger charge is 2.35. The van der Waals surface area contributed by atoms with E-state index in [0.717, 1.165) is 24.4 Å². The summed E-state index contributed by atoms with van der Waals surface area (Å²) in [6, 6.07) is 9.12. The van der Waals surface area contributed by atoms with Crippen molar-refractivity contribution in [2.24, 2.45) is 5.10 Å². The van der Waals surface area contributed by atoms with Crippen molar-refractivity contribution in [3.05, 3.63) is 81.6 Å². The molecule has 0 spiro atoms. The zero-order valence-electron chi connectivity index (χ0n) is 18.6. The number of alkyl halides is 6. The SMILES string of the molecule is Cc1cc(/C=N\NC(=O)C(=O)Nc2ccc(Cl)c(C(F)(F)F)c2)c(C)n1-c1ccccc1C(F)(F)F. The van der Waals surface area contributed by atoms with Crippen molar-refractivity contribution in [2.45, 2.75) is 26.2 Å². The van der Waals surface area contributed by atoms with Gasteiger partial charge in [0.15, 0.2) is 0 Å². The van der Waals surface area contributed by atoms with Gasteiger partial charge in [0.25, 0.3) is 0 Å². The van der Waals surface area contributed by atoms with E-state index in [4.69, 9.17) is 11.6 Å². The van der Waals surface area contributed by atoms with Crippen LogP contribution in [0.15, 0.2) is 53.6 Å². The lowest BCUT2D eigenvalue weighted by atomic mass is 10.1. The van der Waals surface area contributed by atoms with Crippen molar-refractivity contribution in [3.8, 4) is 5.69 Å². The molecule has 3 rings (SSSR count). The first-order chi connectivity index (χ1) is 16.7. The Morgan fingerprint density at radius 3 is 2.19 bits per heavy atom. The number of carbonyl (C=O) groups excluding carboxylic acids is 2. The van der Waals surface area contributed by atoms with Gasteiger partial charge < -0.3 is 9.88 Å². The minimum atomic E-state index is -4.77. The second kappa shape index (κ2) is 10.1. The molecule has 0 unspecified atom stereocenters. The second-order valence-corrected chi connectivity index (χ2v) is 7.93. The molecular formula is C23H17ClF6N4O2. The van der Waals surface area contributed by atoms with Gasteiger partial charge in [0, 0.05) is 22.6 Å². The van der Waals surface area contributed by atoms with Crippen LogP contribution in [0.5, 0.6) is 0 Å². The number of nitrogens with zero attached hydrogens (tertiary/aromatic N) is 2. The van der Waals surface area contributed by atoms with E-state index in [1.54, 1.807) is 13.8 Å². The van der Waals surface area contributed by atoms with E-state index in [9.17, 15) is 35.9 Å². The number of hydrazone groups is 1. The highest BCUT2D eigenvalue weighted by molar-refractivity contribution is 6.39. The first-order valence-corrected chi connectivity index (χ1v) is 10.4. The molecule has 2 N–H and O–H groups in total. The van der Waals surface area contributed by atoms with E-state index < -0.39 is 40.3 Å². The smallest absolute Gasteiger partial charge is 0.318 e. The maximum absolute atomic E-state index is 13.4. The summed E-state index contributed by atoms with van der Waals surface area (Å²) in [4.78, 5) is 24.0. The van der Waals surface area contributed by atoms with Crippen LogP contribution >= 0.6 is 11.6 Å². The molecule has 2 amide bonds. The summed E-state index contributed by atoms with van der Waals surface area (Å²) in [6.45, 7) is 3.14. The predicted octanol–water partition coefficient (Wildman–Crippen LogP) is 5.87. The van der Waals surface area contributed by atoms with E-state index in [1.807, 2.05) is 10.7 Å². The minimum absolute atomic E-state index is 0.0933. The first kappa shape index (κ1) is 26.8. The van der Waals surface area contributed by atoms with Crippen molar-refractivity contribution in [1.29, 1.82) is 0 Å². The normalized spacial score (nSPS) is 12.1. The Kier molecular flexibility index (Phi) is 7.48. The van der Waals surface area contributed by atoms with E-state index in [0.29, 0.717) is 23.0 Å². The van der Waals surface area contributed by atoms with Gasteiger partial charge in [0.2, 0.25) is 0 Å². The zero-order chi connectivity index (χ0) is 26.8. The fourth-order valence-electron chi connectivity index (χ4n) is 3.42. The number of anilines is 1. The van der Waals surface area contributed by atoms with Crippen LogP contribution in [0.3, 0.4) is 0 Å². The van der Waals surface area contributed by atoms with E-state index >= 15 is 0 Å². The molecule has 1 heterocycles. The van der Waals surface area contributed by atoms with Gasteiger partial charge in [-0.25, -0.2) is 5.43 Å². The Balaban J connectivity index is 1.74. The fraction of sp³-hybridized carbons (Fsp3) is 0.174. The van der Waals surface area contributed by atoms with Crippen LogP contribution in [-0.2, 0) is 21.9 Å². The summed E-state index contributed by atoms with van der Waals surface area (Å²) in [5.74, 6) is -2.59. The maximum Gasteiger partial charge on any atom is 0.418 e. The van der Waals surface area contributed by atoms with Gasteiger partial charge in [-0.2, -0.15) is 31.4 Å². The first-order valence-electron chi connectivity index (χ1n) is 10.1. The van der Waals surface area contributed by atoms with Crippen LogP contribution < -0.4 is 10.7 Å². The molecule has 1 aromatic heterocycles. The van der Waals surface area contributed by atoms with E-state index in [-0.39, 0.29) is 11.4 Å². The van der Waals surface area contributed by atoms with Gasteiger partial charge in [0.1, 0.15) is 0 Å². The Hall–Kier alpha value is -3.80.